The average molecular weight is 289 g/mol. The van der Waals surface area contributed by atoms with E-state index in [4.69, 9.17) is 23.2 Å². The van der Waals surface area contributed by atoms with Crippen molar-refractivity contribution in [2.24, 2.45) is 0 Å². The molecule has 0 atom stereocenters. The molecular formula is C13H18Cl2N2O. The van der Waals surface area contributed by atoms with Gasteiger partial charge in [0.15, 0.2) is 0 Å². The van der Waals surface area contributed by atoms with Crippen LogP contribution in [-0.4, -0.2) is 25.5 Å². The lowest BCUT2D eigenvalue weighted by Gasteiger charge is -2.06. The maximum atomic E-state index is 11.6. The van der Waals surface area contributed by atoms with E-state index in [1.807, 2.05) is 6.07 Å². The van der Waals surface area contributed by atoms with E-state index >= 15 is 0 Å². The minimum Gasteiger partial charge on any atom is -0.356 e. The molecule has 0 saturated heterocycles. The molecule has 1 amide bonds. The van der Waals surface area contributed by atoms with Gasteiger partial charge in [0.05, 0.1) is 16.5 Å². The first kappa shape index (κ1) is 15.3. The average Bonchev–Trinajstić information content (AvgIpc) is 2.34. The van der Waals surface area contributed by atoms with Crippen molar-refractivity contribution in [2.75, 3.05) is 19.6 Å². The Labute approximate surface area is 118 Å². The number of hydrogen-bond donors (Lipinski definition) is 2. The topological polar surface area (TPSA) is 41.1 Å². The lowest BCUT2D eigenvalue weighted by Crippen LogP contribution is -2.28. The van der Waals surface area contributed by atoms with Gasteiger partial charge >= 0.3 is 0 Å². The van der Waals surface area contributed by atoms with Crippen molar-refractivity contribution in [1.82, 2.24) is 10.6 Å². The third kappa shape index (κ3) is 5.71. The third-order valence-corrected chi connectivity index (χ3v) is 3.19. The van der Waals surface area contributed by atoms with E-state index in [0.29, 0.717) is 23.0 Å². The highest BCUT2D eigenvalue weighted by Crippen LogP contribution is 2.22. The maximum absolute atomic E-state index is 11.6. The second kappa shape index (κ2) is 8.35. The molecule has 0 spiro atoms. The molecule has 1 rings (SSSR count). The minimum atomic E-state index is 0.00453. The van der Waals surface area contributed by atoms with Crippen LogP contribution in [0.3, 0.4) is 0 Å². The summed E-state index contributed by atoms with van der Waals surface area (Å²) in [6.07, 6.45) is 1.26. The molecule has 0 aliphatic rings. The number of halogens is 2. The molecule has 0 aliphatic carbocycles. The summed E-state index contributed by atoms with van der Waals surface area (Å²) in [7, 11) is 0. The molecule has 2 N–H and O–H groups in total. The number of rotatable bonds is 7. The van der Waals surface area contributed by atoms with Gasteiger partial charge in [0, 0.05) is 6.54 Å². The first-order chi connectivity index (χ1) is 8.63. The Hall–Kier alpha value is -0.770. The van der Waals surface area contributed by atoms with Gasteiger partial charge in [0.2, 0.25) is 5.91 Å². The Morgan fingerprint density at radius 2 is 2.00 bits per heavy atom. The highest BCUT2D eigenvalue weighted by atomic mass is 35.5. The molecular weight excluding hydrogens is 271 g/mol. The fraction of sp³-hybridized carbons (Fsp3) is 0.462. The first-order valence-corrected chi connectivity index (χ1v) is 6.80. The first-order valence-electron chi connectivity index (χ1n) is 6.04. The van der Waals surface area contributed by atoms with Gasteiger partial charge < -0.3 is 10.6 Å². The minimum absolute atomic E-state index is 0.00453. The molecule has 5 heteroatoms. The van der Waals surface area contributed by atoms with E-state index in [1.54, 1.807) is 12.1 Å². The van der Waals surface area contributed by atoms with Crippen molar-refractivity contribution in [3.63, 3.8) is 0 Å². The molecule has 0 fully saturated rings. The lowest BCUT2D eigenvalue weighted by molar-refractivity contribution is -0.120. The van der Waals surface area contributed by atoms with Gasteiger partial charge in [-0.2, -0.15) is 0 Å². The maximum Gasteiger partial charge on any atom is 0.224 e. The molecule has 0 radical (unpaired) electrons. The molecule has 0 bridgehead atoms. The molecule has 0 aromatic heterocycles. The van der Waals surface area contributed by atoms with Crippen molar-refractivity contribution >= 4 is 29.1 Å². The summed E-state index contributed by atoms with van der Waals surface area (Å²) in [6, 6.07) is 5.24. The molecule has 0 unspecified atom stereocenters. The van der Waals surface area contributed by atoms with Crippen LogP contribution in [0, 0.1) is 0 Å². The van der Waals surface area contributed by atoms with Crippen LogP contribution in [0.1, 0.15) is 18.9 Å². The Morgan fingerprint density at radius 1 is 1.22 bits per heavy atom. The van der Waals surface area contributed by atoms with E-state index < -0.39 is 0 Å². The summed E-state index contributed by atoms with van der Waals surface area (Å²) in [5, 5.41) is 7.06. The normalized spacial score (nSPS) is 10.4. The van der Waals surface area contributed by atoms with Crippen molar-refractivity contribution in [1.29, 1.82) is 0 Å². The van der Waals surface area contributed by atoms with Crippen molar-refractivity contribution < 1.29 is 4.79 Å². The van der Waals surface area contributed by atoms with Crippen LogP contribution in [0.15, 0.2) is 18.2 Å². The fourth-order valence-electron chi connectivity index (χ4n) is 1.52. The lowest BCUT2D eigenvalue weighted by atomic mass is 10.1. The number of nitrogens with one attached hydrogen (secondary N) is 2. The smallest absolute Gasteiger partial charge is 0.224 e. The summed E-state index contributed by atoms with van der Waals surface area (Å²) in [5.74, 6) is 0.00453. The zero-order valence-corrected chi connectivity index (χ0v) is 11.9. The predicted octanol–water partition coefficient (Wildman–Crippen LogP) is 2.65. The third-order valence-electron chi connectivity index (χ3n) is 2.45. The Balaban J connectivity index is 2.29. The van der Waals surface area contributed by atoms with Crippen LogP contribution in [0.5, 0.6) is 0 Å². The molecule has 3 nitrogen and oxygen atoms in total. The largest absolute Gasteiger partial charge is 0.356 e. The summed E-state index contributed by atoms with van der Waals surface area (Å²) in [5.41, 5.74) is 0.869. The van der Waals surface area contributed by atoms with Crippen LogP contribution in [-0.2, 0) is 11.2 Å². The van der Waals surface area contributed by atoms with Gasteiger partial charge in [-0.25, -0.2) is 0 Å². The second-order valence-corrected chi connectivity index (χ2v) is 4.80. The summed E-state index contributed by atoms with van der Waals surface area (Å²) >= 11 is 11.7. The molecule has 1 aromatic carbocycles. The molecule has 0 saturated carbocycles. The SMILES string of the molecule is CCNCCCNC(=O)Cc1ccc(Cl)c(Cl)c1. The van der Waals surface area contributed by atoms with E-state index in [0.717, 1.165) is 25.1 Å². The van der Waals surface area contributed by atoms with Gasteiger partial charge in [-0.3, -0.25) is 4.79 Å². The number of carbonyl (C=O) groups is 1. The van der Waals surface area contributed by atoms with Crippen LogP contribution in [0.2, 0.25) is 10.0 Å². The fourth-order valence-corrected chi connectivity index (χ4v) is 1.84. The monoisotopic (exact) mass is 288 g/mol. The van der Waals surface area contributed by atoms with Gasteiger partial charge in [0.25, 0.3) is 0 Å². The molecule has 100 valence electrons. The Kier molecular flexibility index (Phi) is 7.09. The van der Waals surface area contributed by atoms with Crippen LogP contribution in [0.4, 0.5) is 0 Å². The molecule has 0 heterocycles. The molecule has 0 aliphatic heterocycles. The van der Waals surface area contributed by atoms with Crippen molar-refractivity contribution in [2.45, 2.75) is 19.8 Å². The van der Waals surface area contributed by atoms with E-state index in [9.17, 15) is 4.79 Å². The molecule has 1 aromatic rings. The van der Waals surface area contributed by atoms with E-state index in [1.165, 1.54) is 0 Å². The van der Waals surface area contributed by atoms with E-state index in [2.05, 4.69) is 17.6 Å². The quantitative estimate of drug-likeness (QED) is 0.758. The number of carbonyl (C=O) groups excluding carboxylic acids is 1. The highest BCUT2D eigenvalue weighted by molar-refractivity contribution is 6.42. The summed E-state index contributed by atoms with van der Waals surface area (Å²) in [4.78, 5) is 11.6. The predicted molar refractivity (Wildman–Crippen MR) is 76.3 cm³/mol. The van der Waals surface area contributed by atoms with E-state index in [-0.39, 0.29) is 5.91 Å². The van der Waals surface area contributed by atoms with Crippen LogP contribution < -0.4 is 10.6 Å². The van der Waals surface area contributed by atoms with Gasteiger partial charge in [-0.05, 0) is 37.2 Å². The Bertz CT molecular complexity index is 397. The van der Waals surface area contributed by atoms with Gasteiger partial charge in [-0.15, -0.1) is 0 Å². The number of benzene rings is 1. The molecule has 18 heavy (non-hydrogen) atoms. The van der Waals surface area contributed by atoms with Crippen LogP contribution >= 0.6 is 23.2 Å². The highest BCUT2D eigenvalue weighted by Gasteiger charge is 2.05. The second-order valence-electron chi connectivity index (χ2n) is 3.98. The Morgan fingerprint density at radius 3 is 2.67 bits per heavy atom. The summed E-state index contributed by atoms with van der Waals surface area (Å²) in [6.45, 7) is 4.62. The van der Waals surface area contributed by atoms with Gasteiger partial charge in [0.1, 0.15) is 0 Å². The zero-order valence-electron chi connectivity index (χ0n) is 10.4. The van der Waals surface area contributed by atoms with Crippen molar-refractivity contribution in [3.8, 4) is 0 Å². The standard InChI is InChI=1S/C13H18Cl2N2O/c1-2-16-6-3-7-17-13(18)9-10-4-5-11(14)12(15)8-10/h4-5,8,16H,2-3,6-7,9H2,1H3,(H,17,18). The van der Waals surface area contributed by atoms with Crippen LogP contribution in [0.25, 0.3) is 0 Å². The van der Waals surface area contributed by atoms with Gasteiger partial charge in [-0.1, -0.05) is 36.2 Å². The zero-order chi connectivity index (χ0) is 13.4. The number of amides is 1. The number of hydrogen-bond acceptors (Lipinski definition) is 2. The van der Waals surface area contributed by atoms with Crippen molar-refractivity contribution in [3.05, 3.63) is 33.8 Å². The summed E-state index contributed by atoms with van der Waals surface area (Å²) < 4.78 is 0.